The number of nitrogens with one attached hydrogen (secondary N) is 1. The summed E-state index contributed by atoms with van der Waals surface area (Å²) in [6.45, 7) is 2.23. The first-order valence-electron chi connectivity index (χ1n) is 6.56. The van der Waals surface area contributed by atoms with Crippen molar-refractivity contribution in [3.63, 3.8) is 0 Å². The third-order valence-corrected chi connectivity index (χ3v) is 4.42. The zero-order valence-electron chi connectivity index (χ0n) is 10.1. The van der Waals surface area contributed by atoms with Crippen molar-refractivity contribution >= 4 is 0 Å². The summed E-state index contributed by atoms with van der Waals surface area (Å²) < 4.78 is 0. The van der Waals surface area contributed by atoms with Crippen LogP contribution in [0.5, 0.6) is 0 Å². The molecule has 0 radical (unpaired) electrons. The molecule has 1 aromatic carbocycles. The lowest BCUT2D eigenvalue weighted by Gasteiger charge is -2.35. The molecule has 1 heterocycles. The topological polar surface area (TPSA) is 35.8 Å². The van der Waals surface area contributed by atoms with Crippen LogP contribution in [0.2, 0.25) is 0 Å². The highest BCUT2D eigenvalue weighted by Gasteiger charge is 2.38. The van der Waals surface area contributed by atoms with Gasteiger partial charge in [0, 0.05) is 6.54 Å². The summed E-state index contributed by atoms with van der Waals surface area (Å²) >= 11 is 0. The van der Waals surface area contributed by atoms with Crippen LogP contribution in [0, 0.1) is 11.3 Å². The first-order chi connectivity index (χ1) is 8.34. The predicted octanol–water partition coefficient (Wildman–Crippen LogP) is 2.71. The SMILES string of the molecule is N#CC1(c2ccc(C3CCNC3)cc2)CCC1. The maximum Gasteiger partial charge on any atom is 0.0822 e. The number of rotatable bonds is 2. The van der Waals surface area contributed by atoms with E-state index in [1.165, 1.54) is 24.0 Å². The summed E-state index contributed by atoms with van der Waals surface area (Å²) in [6.07, 6.45) is 4.51. The van der Waals surface area contributed by atoms with Gasteiger partial charge in [-0.2, -0.15) is 5.26 Å². The van der Waals surface area contributed by atoms with Gasteiger partial charge in [0.25, 0.3) is 0 Å². The highest BCUT2D eigenvalue weighted by molar-refractivity contribution is 5.37. The lowest BCUT2D eigenvalue weighted by molar-refractivity contribution is 0.324. The molecule has 1 saturated heterocycles. The van der Waals surface area contributed by atoms with Crippen LogP contribution in [0.15, 0.2) is 24.3 Å². The van der Waals surface area contributed by atoms with Crippen LogP contribution in [-0.2, 0) is 5.41 Å². The van der Waals surface area contributed by atoms with Gasteiger partial charge in [0.05, 0.1) is 11.5 Å². The van der Waals surface area contributed by atoms with Gasteiger partial charge in [-0.05, 0) is 49.3 Å². The molecule has 1 N–H and O–H groups in total. The van der Waals surface area contributed by atoms with E-state index in [9.17, 15) is 5.26 Å². The van der Waals surface area contributed by atoms with Gasteiger partial charge in [0.1, 0.15) is 0 Å². The van der Waals surface area contributed by atoms with E-state index in [0.29, 0.717) is 5.92 Å². The number of hydrogen-bond donors (Lipinski definition) is 1. The lowest BCUT2D eigenvalue weighted by atomic mass is 9.65. The third-order valence-electron chi connectivity index (χ3n) is 4.42. The fraction of sp³-hybridized carbons (Fsp3) is 0.533. The Hall–Kier alpha value is -1.33. The molecule has 17 heavy (non-hydrogen) atoms. The van der Waals surface area contributed by atoms with Crippen LogP contribution < -0.4 is 5.32 Å². The Labute approximate surface area is 103 Å². The van der Waals surface area contributed by atoms with Crippen LogP contribution in [-0.4, -0.2) is 13.1 Å². The van der Waals surface area contributed by atoms with Gasteiger partial charge in [-0.25, -0.2) is 0 Å². The molecule has 2 aliphatic rings. The molecule has 2 nitrogen and oxygen atoms in total. The summed E-state index contributed by atoms with van der Waals surface area (Å²) in [5.41, 5.74) is 2.49. The van der Waals surface area contributed by atoms with E-state index < -0.39 is 0 Å². The molecule has 1 aromatic rings. The van der Waals surface area contributed by atoms with Gasteiger partial charge < -0.3 is 5.32 Å². The molecule has 0 aromatic heterocycles. The van der Waals surface area contributed by atoms with Crippen LogP contribution in [0.4, 0.5) is 0 Å². The number of benzene rings is 1. The standard InChI is InChI=1S/C15H18N2/c16-11-15(7-1-8-15)14-4-2-12(3-5-14)13-6-9-17-10-13/h2-5,13,17H,1,6-10H2. The number of hydrogen-bond acceptors (Lipinski definition) is 2. The zero-order valence-corrected chi connectivity index (χ0v) is 10.1. The summed E-state index contributed by atoms with van der Waals surface area (Å²) in [7, 11) is 0. The Morgan fingerprint density at radius 1 is 1.24 bits per heavy atom. The normalized spacial score (nSPS) is 26.2. The van der Waals surface area contributed by atoms with Crippen molar-refractivity contribution in [1.29, 1.82) is 5.26 Å². The van der Waals surface area contributed by atoms with Crippen LogP contribution in [0.1, 0.15) is 42.7 Å². The van der Waals surface area contributed by atoms with Crippen molar-refractivity contribution in [2.24, 2.45) is 0 Å². The zero-order chi connectivity index (χ0) is 11.7. The van der Waals surface area contributed by atoms with E-state index >= 15 is 0 Å². The van der Waals surface area contributed by atoms with Gasteiger partial charge in [0.15, 0.2) is 0 Å². The minimum Gasteiger partial charge on any atom is -0.316 e. The van der Waals surface area contributed by atoms with E-state index in [2.05, 4.69) is 35.7 Å². The van der Waals surface area contributed by atoms with Crippen molar-refractivity contribution in [3.8, 4) is 6.07 Å². The number of nitriles is 1. The molecule has 0 bridgehead atoms. The Kier molecular flexibility index (Phi) is 2.64. The molecule has 0 spiro atoms. The van der Waals surface area contributed by atoms with Gasteiger partial charge in [-0.15, -0.1) is 0 Å². The quantitative estimate of drug-likeness (QED) is 0.841. The Balaban J connectivity index is 1.82. The molecule has 2 heteroatoms. The molecule has 3 rings (SSSR count). The second kappa shape index (κ2) is 4.16. The Morgan fingerprint density at radius 3 is 2.47 bits per heavy atom. The van der Waals surface area contributed by atoms with Gasteiger partial charge in [-0.1, -0.05) is 24.3 Å². The number of nitrogens with zero attached hydrogens (tertiary/aromatic N) is 1. The minimum absolute atomic E-state index is 0.160. The largest absolute Gasteiger partial charge is 0.316 e. The second-order valence-corrected chi connectivity index (χ2v) is 5.36. The smallest absolute Gasteiger partial charge is 0.0822 e. The average Bonchev–Trinajstić information content (AvgIpc) is 2.83. The monoisotopic (exact) mass is 226 g/mol. The van der Waals surface area contributed by atoms with Gasteiger partial charge >= 0.3 is 0 Å². The van der Waals surface area contributed by atoms with Crippen molar-refractivity contribution in [2.75, 3.05) is 13.1 Å². The molecule has 2 fully saturated rings. The van der Waals surface area contributed by atoms with E-state index in [0.717, 1.165) is 25.9 Å². The third kappa shape index (κ3) is 1.75. The summed E-state index contributed by atoms with van der Waals surface area (Å²) in [5, 5.41) is 12.7. The van der Waals surface area contributed by atoms with Crippen molar-refractivity contribution in [1.82, 2.24) is 5.32 Å². The van der Waals surface area contributed by atoms with Crippen LogP contribution in [0.25, 0.3) is 0 Å². The maximum atomic E-state index is 9.31. The molecule has 1 saturated carbocycles. The maximum absolute atomic E-state index is 9.31. The highest BCUT2D eigenvalue weighted by atomic mass is 14.9. The molecular formula is C15H18N2. The molecule has 1 unspecified atom stereocenters. The Bertz CT molecular complexity index is 431. The molecule has 1 aliphatic heterocycles. The first kappa shape index (κ1) is 10.8. The van der Waals surface area contributed by atoms with E-state index in [1.807, 2.05) is 0 Å². The fourth-order valence-electron chi connectivity index (χ4n) is 3.01. The van der Waals surface area contributed by atoms with Gasteiger partial charge in [0.2, 0.25) is 0 Å². The van der Waals surface area contributed by atoms with Gasteiger partial charge in [-0.3, -0.25) is 0 Å². The summed E-state index contributed by atoms with van der Waals surface area (Å²) in [6, 6.07) is 11.3. The van der Waals surface area contributed by atoms with Crippen LogP contribution in [0.3, 0.4) is 0 Å². The van der Waals surface area contributed by atoms with Crippen molar-refractivity contribution in [3.05, 3.63) is 35.4 Å². The van der Waals surface area contributed by atoms with Crippen molar-refractivity contribution < 1.29 is 0 Å². The van der Waals surface area contributed by atoms with E-state index in [1.54, 1.807) is 0 Å². The molecule has 0 amide bonds. The van der Waals surface area contributed by atoms with Crippen LogP contribution >= 0.6 is 0 Å². The average molecular weight is 226 g/mol. The Morgan fingerprint density at radius 2 is 2.00 bits per heavy atom. The molecule has 88 valence electrons. The summed E-state index contributed by atoms with van der Waals surface area (Å²) in [4.78, 5) is 0. The second-order valence-electron chi connectivity index (χ2n) is 5.36. The predicted molar refractivity (Wildman–Crippen MR) is 67.8 cm³/mol. The highest BCUT2D eigenvalue weighted by Crippen LogP contribution is 2.43. The molecule has 1 aliphatic carbocycles. The molecule has 1 atom stereocenters. The van der Waals surface area contributed by atoms with Crippen molar-refractivity contribution in [2.45, 2.75) is 37.0 Å². The minimum atomic E-state index is -0.160. The molecular weight excluding hydrogens is 208 g/mol. The van der Waals surface area contributed by atoms with E-state index in [-0.39, 0.29) is 5.41 Å². The van der Waals surface area contributed by atoms with E-state index in [4.69, 9.17) is 0 Å². The summed E-state index contributed by atoms with van der Waals surface area (Å²) in [5.74, 6) is 0.670. The first-order valence-corrected chi connectivity index (χ1v) is 6.56. The fourth-order valence-corrected chi connectivity index (χ4v) is 3.01. The lowest BCUT2D eigenvalue weighted by Crippen LogP contribution is -2.32.